The second kappa shape index (κ2) is 6.52. The molecule has 0 unspecified atom stereocenters. The van der Waals surface area contributed by atoms with Crippen LogP contribution in [-0.2, 0) is 6.54 Å². The summed E-state index contributed by atoms with van der Waals surface area (Å²) in [6.07, 6.45) is 6.47. The highest BCUT2D eigenvalue weighted by molar-refractivity contribution is 6.33. The maximum Gasteiger partial charge on any atom is 0.275 e. The molecule has 118 valence electrons. The second-order valence-electron chi connectivity index (χ2n) is 5.69. The van der Waals surface area contributed by atoms with E-state index < -0.39 is 0 Å². The third-order valence-corrected chi connectivity index (χ3v) is 4.32. The number of hydrogen-bond donors (Lipinski definition) is 1. The molecular weight excluding hydrogens is 302 g/mol. The Kier molecular flexibility index (Phi) is 4.47. The van der Waals surface area contributed by atoms with Crippen molar-refractivity contribution in [3.8, 4) is 0 Å². The number of aryl methyl sites for hydroxylation is 1. The smallest absolute Gasteiger partial charge is 0.275 e. The first-order valence-corrected chi connectivity index (χ1v) is 8.08. The van der Waals surface area contributed by atoms with Crippen molar-refractivity contribution < 1.29 is 4.79 Å². The lowest BCUT2D eigenvalue weighted by Gasteiger charge is -2.31. The van der Waals surface area contributed by atoms with Gasteiger partial charge in [-0.05, 0) is 25.3 Å². The van der Waals surface area contributed by atoms with E-state index in [-0.39, 0.29) is 5.91 Å². The summed E-state index contributed by atoms with van der Waals surface area (Å²) < 4.78 is 1.74. The number of piperidine rings is 1. The van der Waals surface area contributed by atoms with Crippen LogP contribution in [0.25, 0.3) is 0 Å². The lowest BCUT2D eigenvalue weighted by atomic mass is 9.95. The Labute approximate surface area is 134 Å². The molecule has 2 aromatic heterocycles. The molecule has 3 rings (SSSR count). The van der Waals surface area contributed by atoms with E-state index in [1.807, 2.05) is 11.0 Å². The fraction of sp³-hybridized carbons (Fsp3) is 0.533. The van der Waals surface area contributed by atoms with Crippen LogP contribution in [0, 0.1) is 0 Å². The number of aromatic nitrogens is 4. The van der Waals surface area contributed by atoms with Crippen LogP contribution in [-0.4, -0.2) is 43.9 Å². The van der Waals surface area contributed by atoms with Crippen LogP contribution in [0.4, 0.5) is 0 Å². The van der Waals surface area contributed by atoms with Crippen LogP contribution in [0.3, 0.4) is 0 Å². The van der Waals surface area contributed by atoms with Crippen molar-refractivity contribution in [2.24, 2.45) is 0 Å². The van der Waals surface area contributed by atoms with E-state index in [0.29, 0.717) is 23.2 Å². The maximum atomic E-state index is 12.7. The number of rotatable bonds is 4. The quantitative estimate of drug-likeness (QED) is 0.941. The fourth-order valence-corrected chi connectivity index (χ4v) is 3.18. The third-order valence-electron chi connectivity index (χ3n) is 4.04. The van der Waals surface area contributed by atoms with Gasteiger partial charge in [0.1, 0.15) is 0 Å². The fourth-order valence-electron chi connectivity index (χ4n) is 2.94. The van der Waals surface area contributed by atoms with Crippen molar-refractivity contribution >= 4 is 17.5 Å². The number of carbonyl (C=O) groups is 1. The number of nitrogens with one attached hydrogen (secondary N) is 1. The van der Waals surface area contributed by atoms with Gasteiger partial charge in [-0.2, -0.15) is 10.2 Å². The minimum absolute atomic E-state index is 0.0796. The van der Waals surface area contributed by atoms with E-state index in [2.05, 4.69) is 22.2 Å². The van der Waals surface area contributed by atoms with Crippen LogP contribution >= 0.6 is 11.6 Å². The molecule has 0 aromatic carbocycles. The first kappa shape index (κ1) is 15.1. The highest BCUT2D eigenvalue weighted by atomic mass is 35.5. The summed E-state index contributed by atoms with van der Waals surface area (Å²) >= 11 is 6.18. The van der Waals surface area contributed by atoms with E-state index in [4.69, 9.17) is 11.6 Å². The summed E-state index contributed by atoms with van der Waals surface area (Å²) in [5, 5.41) is 11.8. The van der Waals surface area contributed by atoms with Gasteiger partial charge in [0.05, 0.1) is 5.02 Å². The Hall–Kier alpha value is -1.82. The largest absolute Gasteiger partial charge is 0.337 e. The van der Waals surface area contributed by atoms with Crippen LogP contribution in [0.2, 0.25) is 5.02 Å². The zero-order valence-corrected chi connectivity index (χ0v) is 13.4. The number of amides is 1. The molecular formula is C15H20ClN5O. The number of halogens is 1. The van der Waals surface area contributed by atoms with Gasteiger partial charge in [0.2, 0.25) is 0 Å². The van der Waals surface area contributed by atoms with Gasteiger partial charge < -0.3 is 4.90 Å². The molecule has 1 aliphatic heterocycles. The lowest BCUT2D eigenvalue weighted by molar-refractivity contribution is 0.0699. The van der Waals surface area contributed by atoms with Crippen molar-refractivity contribution in [3.05, 3.63) is 34.9 Å². The number of carbonyl (C=O) groups excluding carboxylic acids is 1. The molecule has 1 amide bonds. The number of H-pyrrole nitrogens is 1. The topological polar surface area (TPSA) is 66.8 Å². The minimum Gasteiger partial charge on any atom is -0.337 e. The average Bonchev–Trinajstić information content (AvgIpc) is 3.17. The molecule has 1 atom stereocenters. The van der Waals surface area contributed by atoms with Gasteiger partial charge in [0.25, 0.3) is 5.91 Å². The van der Waals surface area contributed by atoms with Gasteiger partial charge in [-0.25, -0.2) is 0 Å². The molecule has 0 aliphatic carbocycles. The molecule has 1 fully saturated rings. The van der Waals surface area contributed by atoms with Crippen LogP contribution < -0.4 is 0 Å². The zero-order chi connectivity index (χ0) is 15.5. The average molecular weight is 322 g/mol. The molecule has 1 N–H and O–H groups in total. The van der Waals surface area contributed by atoms with Crippen molar-refractivity contribution in [1.82, 2.24) is 24.9 Å². The second-order valence-corrected chi connectivity index (χ2v) is 6.10. The Bertz CT molecular complexity index is 636. The summed E-state index contributed by atoms with van der Waals surface area (Å²) in [5.74, 6) is 0.223. The van der Waals surface area contributed by atoms with Crippen molar-refractivity contribution in [2.75, 3.05) is 13.1 Å². The van der Waals surface area contributed by atoms with Gasteiger partial charge in [-0.15, -0.1) is 0 Å². The van der Waals surface area contributed by atoms with Crippen LogP contribution in [0.5, 0.6) is 0 Å². The first-order valence-electron chi connectivity index (χ1n) is 7.70. The molecule has 2 aromatic rings. The standard InChI is InChI=1S/C15H20ClN5O/c1-2-7-21-10-12(16)14(19-21)15(22)20-8-3-4-11(9-20)13-5-6-17-18-13/h5-6,10-11H,2-4,7-9H2,1H3,(H,17,18)/t11-/m1/s1. The summed E-state index contributed by atoms with van der Waals surface area (Å²) in [6, 6.07) is 1.97. The number of hydrogen-bond acceptors (Lipinski definition) is 3. The van der Waals surface area contributed by atoms with E-state index in [0.717, 1.165) is 38.0 Å². The van der Waals surface area contributed by atoms with E-state index in [1.54, 1.807) is 17.1 Å². The molecule has 0 radical (unpaired) electrons. The SMILES string of the molecule is CCCn1cc(Cl)c(C(=O)N2CCC[C@@H](c3ccn[nH]3)C2)n1. The van der Waals surface area contributed by atoms with Crippen LogP contribution in [0.1, 0.15) is 48.3 Å². The Balaban J connectivity index is 1.74. The van der Waals surface area contributed by atoms with Gasteiger partial charge in [-0.3, -0.25) is 14.6 Å². The summed E-state index contributed by atoms with van der Waals surface area (Å²) in [4.78, 5) is 14.5. The van der Waals surface area contributed by atoms with Gasteiger partial charge in [0, 0.05) is 43.6 Å². The van der Waals surface area contributed by atoms with Gasteiger partial charge in [0.15, 0.2) is 5.69 Å². The normalized spacial score (nSPS) is 18.6. The Morgan fingerprint density at radius 1 is 1.55 bits per heavy atom. The number of likely N-dealkylation sites (tertiary alicyclic amines) is 1. The molecule has 0 spiro atoms. The Morgan fingerprint density at radius 3 is 3.14 bits per heavy atom. The molecule has 1 saturated heterocycles. The van der Waals surface area contributed by atoms with E-state index in [1.165, 1.54) is 0 Å². The maximum absolute atomic E-state index is 12.7. The van der Waals surface area contributed by atoms with Crippen LogP contribution in [0.15, 0.2) is 18.5 Å². The molecule has 0 bridgehead atoms. The van der Waals surface area contributed by atoms with Crippen molar-refractivity contribution in [2.45, 2.75) is 38.6 Å². The van der Waals surface area contributed by atoms with Crippen molar-refractivity contribution in [1.29, 1.82) is 0 Å². The highest BCUT2D eigenvalue weighted by Gasteiger charge is 2.28. The highest BCUT2D eigenvalue weighted by Crippen LogP contribution is 2.27. The molecule has 0 saturated carbocycles. The lowest BCUT2D eigenvalue weighted by Crippen LogP contribution is -2.39. The van der Waals surface area contributed by atoms with Gasteiger partial charge in [-0.1, -0.05) is 18.5 Å². The molecule has 22 heavy (non-hydrogen) atoms. The Morgan fingerprint density at radius 2 is 2.41 bits per heavy atom. The first-order chi connectivity index (χ1) is 10.7. The molecule has 6 nitrogen and oxygen atoms in total. The summed E-state index contributed by atoms with van der Waals surface area (Å²) in [7, 11) is 0. The predicted octanol–water partition coefficient (Wildman–Crippen LogP) is 2.69. The molecule has 3 heterocycles. The summed E-state index contributed by atoms with van der Waals surface area (Å²) in [6.45, 7) is 4.26. The van der Waals surface area contributed by atoms with E-state index >= 15 is 0 Å². The molecule has 1 aliphatic rings. The minimum atomic E-state index is -0.0796. The van der Waals surface area contributed by atoms with E-state index in [9.17, 15) is 4.79 Å². The number of aromatic amines is 1. The number of nitrogens with zero attached hydrogens (tertiary/aromatic N) is 4. The predicted molar refractivity (Wildman–Crippen MR) is 84.0 cm³/mol. The zero-order valence-electron chi connectivity index (χ0n) is 12.6. The summed E-state index contributed by atoms with van der Waals surface area (Å²) in [5.41, 5.74) is 1.44. The third kappa shape index (κ3) is 3.02. The van der Waals surface area contributed by atoms with Gasteiger partial charge >= 0.3 is 0 Å². The molecule has 7 heteroatoms. The monoisotopic (exact) mass is 321 g/mol. The van der Waals surface area contributed by atoms with Crippen molar-refractivity contribution in [3.63, 3.8) is 0 Å².